The summed E-state index contributed by atoms with van der Waals surface area (Å²) >= 11 is 0. The molecule has 0 aliphatic rings. The lowest BCUT2D eigenvalue weighted by molar-refractivity contribution is -0.119. The largest absolute Gasteiger partial charge is 0.368 e. The number of alkyl halides is 1. The van der Waals surface area contributed by atoms with E-state index in [1.807, 2.05) is 0 Å². The van der Waals surface area contributed by atoms with E-state index in [1.54, 1.807) is 0 Å². The van der Waals surface area contributed by atoms with Crippen molar-refractivity contribution < 1.29 is 9.18 Å². The highest BCUT2D eigenvalue weighted by molar-refractivity contribution is 5.79. The molecule has 0 aromatic carbocycles. The van der Waals surface area contributed by atoms with E-state index in [1.165, 1.54) is 0 Å². The van der Waals surface area contributed by atoms with Crippen LogP contribution in [0.4, 0.5) is 4.39 Å². The number of carbonyl (C=O) groups is 1. The molecule has 1 atom stereocenters. The summed E-state index contributed by atoms with van der Waals surface area (Å²) < 4.78 is 11.2. The van der Waals surface area contributed by atoms with Crippen molar-refractivity contribution in [2.24, 2.45) is 11.5 Å². The number of primary amides is 1. The second-order valence-electron chi connectivity index (χ2n) is 1.16. The van der Waals surface area contributed by atoms with Crippen LogP contribution in [0.2, 0.25) is 0 Å². The summed E-state index contributed by atoms with van der Waals surface area (Å²) in [6.07, 6.45) is 0. The lowest BCUT2D eigenvalue weighted by Crippen LogP contribution is -2.37. The van der Waals surface area contributed by atoms with Crippen LogP contribution in [0.1, 0.15) is 0 Å². The van der Waals surface area contributed by atoms with E-state index in [9.17, 15) is 9.18 Å². The summed E-state index contributed by atoms with van der Waals surface area (Å²) in [7, 11) is 0. The summed E-state index contributed by atoms with van der Waals surface area (Å²) in [6.45, 7) is -0.880. The summed E-state index contributed by atoms with van der Waals surface area (Å²) in [5, 5.41) is 0. The highest BCUT2D eigenvalue weighted by atomic mass is 19.1. The van der Waals surface area contributed by atoms with Gasteiger partial charge in [-0.15, -0.1) is 0 Å². The van der Waals surface area contributed by atoms with E-state index in [2.05, 4.69) is 5.73 Å². The first-order chi connectivity index (χ1) is 3.18. The molecule has 3 nitrogen and oxygen atoms in total. The minimum atomic E-state index is -1.13. The Morgan fingerprint density at radius 2 is 2.29 bits per heavy atom. The summed E-state index contributed by atoms with van der Waals surface area (Å²) in [4.78, 5) is 9.79. The molecule has 4 heteroatoms. The van der Waals surface area contributed by atoms with Crippen LogP contribution in [0.5, 0.6) is 0 Å². The van der Waals surface area contributed by atoms with Crippen LogP contribution in [0.15, 0.2) is 0 Å². The zero-order valence-electron chi connectivity index (χ0n) is 3.73. The molecule has 0 rings (SSSR count). The van der Waals surface area contributed by atoms with Crippen molar-refractivity contribution in [2.75, 3.05) is 6.67 Å². The Hall–Kier alpha value is -0.640. The molecule has 0 bridgehead atoms. The van der Waals surface area contributed by atoms with Gasteiger partial charge in [0.05, 0.1) is 0 Å². The minimum absolute atomic E-state index is 0.803. The number of halogens is 1. The van der Waals surface area contributed by atoms with Crippen LogP contribution in [-0.2, 0) is 4.79 Å². The topological polar surface area (TPSA) is 69.1 Å². The van der Waals surface area contributed by atoms with Crippen molar-refractivity contribution in [3.63, 3.8) is 0 Å². The standard InChI is InChI=1S/C3H7FN2O/c4-1-2(5)3(6)7/h2H,1,5H2,(H2,6,7). The van der Waals surface area contributed by atoms with Crippen LogP contribution in [0.25, 0.3) is 0 Å². The van der Waals surface area contributed by atoms with Gasteiger partial charge < -0.3 is 11.5 Å². The molecule has 0 aromatic heterocycles. The third kappa shape index (κ3) is 2.11. The molecule has 0 saturated heterocycles. The zero-order chi connectivity index (χ0) is 5.86. The Labute approximate surface area is 40.5 Å². The van der Waals surface area contributed by atoms with Crippen LogP contribution in [-0.4, -0.2) is 18.6 Å². The fourth-order valence-electron chi connectivity index (χ4n) is 0.0760. The molecule has 0 fully saturated rings. The predicted molar refractivity (Wildman–Crippen MR) is 23.1 cm³/mol. The monoisotopic (exact) mass is 106 g/mol. The number of carbonyl (C=O) groups excluding carboxylic acids is 1. The van der Waals surface area contributed by atoms with Gasteiger partial charge in [-0.05, 0) is 0 Å². The maximum Gasteiger partial charge on any atom is 0.237 e. The highest BCUT2D eigenvalue weighted by Gasteiger charge is 2.05. The maximum atomic E-state index is 11.2. The summed E-state index contributed by atoms with van der Waals surface area (Å²) in [5.41, 5.74) is 9.31. The molecule has 0 heterocycles. The minimum Gasteiger partial charge on any atom is -0.368 e. The van der Waals surface area contributed by atoms with Gasteiger partial charge in [0, 0.05) is 0 Å². The van der Waals surface area contributed by atoms with Crippen molar-refractivity contribution in [2.45, 2.75) is 6.04 Å². The molecule has 0 radical (unpaired) electrons. The SMILES string of the molecule is NC(=O)C(N)CF. The number of hydrogen-bond donors (Lipinski definition) is 2. The quantitative estimate of drug-likeness (QED) is 0.462. The van der Waals surface area contributed by atoms with Gasteiger partial charge in [0.15, 0.2) is 0 Å². The predicted octanol–water partition coefficient (Wildman–Crippen LogP) is -1.23. The molecule has 0 spiro atoms. The molecule has 4 N–H and O–H groups in total. The summed E-state index contributed by atoms with van der Waals surface area (Å²) in [6, 6.07) is -1.13. The van der Waals surface area contributed by atoms with Crippen molar-refractivity contribution in [1.82, 2.24) is 0 Å². The average Bonchev–Trinajstić information content (AvgIpc) is 1.65. The average molecular weight is 106 g/mol. The number of hydrogen-bond acceptors (Lipinski definition) is 2. The fourth-order valence-corrected chi connectivity index (χ4v) is 0.0760. The molecule has 0 aliphatic heterocycles. The molecule has 1 unspecified atom stereocenters. The second kappa shape index (κ2) is 2.52. The fraction of sp³-hybridized carbons (Fsp3) is 0.667. The first-order valence-corrected chi connectivity index (χ1v) is 1.79. The van der Waals surface area contributed by atoms with Gasteiger partial charge in [0.1, 0.15) is 12.7 Å². The first-order valence-electron chi connectivity index (χ1n) is 1.79. The van der Waals surface area contributed by atoms with Gasteiger partial charge in [-0.25, -0.2) is 4.39 Å². The van der Waals surface area contributed by atoms with E-state index in [0.717, 1.165) is 0 Å². The van der Waals surface area contributed by atoms with Crippen molar-refractivity contribution >= 4 is 5.91 Å². The highest BCUT2D eigenvalue weighted by Crippen LogP contribution is 1.74. The van der Waals surface area contributed by atoms with Crippen LogP contribution in [0.3, 0.4) is 0 Å². The zero-order valence-corrected chi connectivity index (χ0v) is 3.73. The number of amides is 1. The number of rotatable bonds is 2. The third-order valence-corrected chi connectivity index (χ3v) is 0.532. The van der Waals surface area contributed by atoms with E-state index in [4.69, 9.17) is 5.73 Å². The molecule has 0 saturated carbocycles. The second-order valence-corrected chi connectivity index (χ2v) is 1.16. The lowest BCUT2D eigenvalue weighted by atomic mass is 10.3. The Morgan fingerprint density at radius 3 is 2.29 bits per heavy atom. The molecular formula is C3H7FN2O. The first kappa shape index (κ1) is 6.36. The van der Waals surface area contributed by atoms with E-state index in [-0.39, 0.29) is 0 Å². The van der Waals surface area contributed by atoms with Gasteiger partial charge in [0.2, 0.25) is 5.91 Å². The van der Waals surface area contributed by atoms with Gasteiger partial charge >= 0.3 is 0 Å². The summed E-state index contributed by atoms with van der Waals surface area (Å²) in [5.74, 6) is -0.803. The maximum absolute atomic E-state index is 11.2. The molecule has 7 heavy (non-hydrogen) atoms. The van der Waals surface area contributed by atoms with E-state index < -0.39 is 18.6 Å². The third-order valence-electron chi connectivity index (χ3n) is 0.532. The Morgan fingerprint density at radius 1 is 1.86 bits per heavy atom. The Bertz CT molecular complexity index is 75.3. The van der Waals surface area contributed by atoms with Crippen molar-refractivity contribution in [1.29, 1.82) is 0 Å². The van der Waals surface area contributed by atoms with Crippen molar-refractivity contribution in [3.8, 4) is 0 Å². The van der Waals surface area contributed by atoms with Gasteiger partial charge in [-0.1, -0.05) is 0 Å². The molecule has 0 aliphatic carbocycles. The smallest absolute Gasteiger partial charge is 0.237 e. The van der Waals surface area contributed by atoms with Gasteiger partial charge in [-0.2, -0.15) is 0 Å². The van der Waals surface area contributed by atoms with Gasteiger partial charge in [0.25, 0.3) is 0 Å². The van der Waals surface area contributed by atoms with Crippen molar-refractivity contribution in [3.05, 3.63) is 0 Å². The molecule has 42 valence electrons. The molecule has 1 amide bonds. The van der Waals surface area contributed by atoms with E-state index in [0.29, 0.717) is 0 Å². The lowest BCUT2D eigenvalue weighted by Gasteiger charge is -1.96. The van der Waals surface area contributed by atoms with Gasteiger partial charge in [-0.3, -0.25) is 4.79 Å². The molecular weight excluding hydrogens is 99.0 g/mol. The van der Waals surface area contributed by atoms with Crippen LogP contribution < -0.4 is 11.5 Å². The molecule has 0 aromatic rings. The number of nitrogens with two attached hydrogens (primary N) is 2. The van der Waals surface area contributed by atoms with Crippen LogP contribution in [0, 0.1) is 0 Å². The van der Waals surface area contributed by atoms with E-state index >= 15 is 0 Å². The Kier molecular flexibility index (Phi) is 2.29. The Balaban J connectivity index is 3.34. The normalized spacial score (nSPS) is 13.4. The van der Waals surface area contributed by atoms with Crippen LogP contribution >= 0.6 is 0 Å².